The number of nitriles is 1. The first kappa shape index (κ1) is 13.5. The highest BCUT2D eigenvalue weighted by molar-refractivity contribution is 5.86. The van der Waals surface area contributed by atoms with Crippen molar-refractivity contribution in [1.82, 2.24) is 4.90 Å². The van der Waals surface area contributed by atoms with Crippen LogP contribution in [0, 0.1) is 22.6 Å². The van der Waals surface area contributed by atoms with Crippen LogP contribution in [0.3, 0.4) is 0 Å². The molecular formula is C15H17FN2O. The summed E-state index contributed by atoms with van der Waals surface area (Å²) in [6.07, 6.45) is 2.96. The first-order chi connectivity index (χ1) is 9.07. The summed E-state index contributed by atoms with van der Waals surface area (Å²) >= 11 is 0. The summed E-state index contributed by atoms with van der Waals surface area (Å²) in [6, 6.07) is 8.43. The van der Waals surface area contributed by atoms with E-state index in [1.807, 2.05) is 0 Å². The zero-order valence-electron chi connectivity index (χ0n) is 11.0. The first-order valence-electron chi connectivity index (χ1n) is 6.49. The Balaban J connectivity index is 1.91. The number of halogens is 1. The van der Waals surface area contributed by atoms with Gasteiger partial charge >= 0.3 is 0 Å². The minimum Gasteiger partial charge on any atom is -0.344 e. The summed E-state index contributed by atoms with van der Waals surface area (Å²) in [7, 11) is 1.73. The van der Waals surface area contributed by atoms with Gasteiger partial charge in [0.2, 0.25) is 5.91 Å². The Bertz CT molecular complexity index is 500. The molecule has 0 radical (unpaired) electrons. The van der Waals surface area contributed by atoms with Crippen LogP contribution < -0.4 is 0 Å². The maximum atomic E-state index is 12.8. The molecular weight excluding hydrogens is 243 g/mol. The SMILES string of the molecule is CN(CCc1ccc(F)cc1)C(=O)C1(C#N)CCC1. The van der Waals surface area contributed by atoms with Gasteiger partial charge in [0.1, 0.15) is 11.2 Å². The van der Waals surface area contributed by atoms with Crippen molar-refractivity contribution >= 4 is 5.91 Å². The molecule has 1 amide bonds. The van der Waals surface area contributed by atoms with Crippen molar-refractivity contribution in [2.75, 3.05) is 13.6 Å². The molecule has 1 aliphatic carbocycles. The predicted octanol–water partition coefficient (Wildman–Crippen LogP) is 2.52. The van der Waals surface area contributed by atoms with E-state index in [-0.39, 0.29) is 11.7 Å². The van der Waals surface area contributed by atoms with Crippen LogP contribution in [0.25, 0.3) is 0 Å². The van der Waals surface area contributed by atoms with E-state index in [4.69, 9.17) is 5.26 Å². The van der Waals surface area contributed by atoms with Crippen molar-refractivity contribution < 1.29 is 9.18 Å². The van der Waals surface area contributed by atoms with Gasteiger partial charge in [-0.2, -0.15) is 5.26 Å². The third-order valence-electron chi connectivity index (χ3n) is 3.83. The van der Waals surface area contributed by atoms with Gasteiger partial charge in [-0.1, -0.05) is 12.1 Å². The number of rotatable bonds is 4. The Morgan fingerprint density at radius 1 is 1.42 bits per heavy atom. The van der Waals surface area contributed by atoms with E-state index in [2.05, 4.69) is 6.07 Å². The predicted molar refractivity (Wildman–Crippen MR) is 69.6 cm³/mol. The Kier molecular flexibility index (Phi) is 3.84. The number of benzene rings is 1. The van der Waals surface area contributed by atoms with Crippen molar-refractivity contribution in [3.05, 3.63) is 35.6 Å². The molecule has 0 bridgehead atoms. The summed E-state index contributed by atoms with van der Waals surface area (Å²) in [5.74, 6) is -0.338. The fourth-order valence-corrected chi connectivity index (χ4v) is 2.32. The van der Waals surface area contributed by atoms with Gasteiger partial charge in [-0.25, -0.2) is 4.39 Å². The summed E-state index contributed by atoms with van der Waals surface area (Å²) < 4.78 is 12.8. The molecule has 2 rings (SSSR count). The highest BCUT2D eigenvalue weighted by atomic mass is 19.1. The van der Waals surface area contributed by atoms with Crippen LogP contribution in [0.5, 0.6) is 0 Å². The van der Waals surface area contributed by atoms with E-state index >= 15 is 0 Å². The molecule has 1 saturated carbocycles. The van der Waals surface area contributed by atoms with Crippen LogP contribution in [0.1, 0.15) is 24.8 Å². The fraction of sp³-hybridized carbons (Fsp3) is 0.467. The molecule has 0 atom stereocenters. The van der Waals surface area contributed by atoms with Crippen molar-refractivity contribution in [3.63, 3.8) is 0 Å². The molecule has 19 heavy (non-hydrogen) atoms. The zero-order valence-corrected chi connectivity index (χ0v) is 11.0. The number of carbonyl (C=O) groups excluding carboxylic acids is 1. The average molecular weight is 260 g/mol. The maximum Gasteiger partial charge on any atom is 0.242 e. The third kappa shape index (κ3) is 2.76. The lowest BCUT2D eigenvalue weighted by molar-refractivity contribution is -0.141. The van der Waals surface area contributed by atoms with Gasteiger partial charge in [0.25, 0.3) is 0 Å². The van der Waals surface area contributed by atoms with Crippen molar-refractivity contribution in [2.45, 2.75) is 25.7 Å². The number of nitrogens with zero attached hydrogens (tertiary/aromatic N) is 2. The van der Waals surface area contributed by atoms with Crippen molar-refractivity contribution in [3.8, 4) is 6.07 Å². The van der Waals surface area contributed by atoms with Crippen LogP contribution in [-0.2, 0) is 11.2 Å². The van der Waals surface area contributed by atoms with Gasteiger partial charge in [-0.3, -0.25) is 4.79 Å². The maximum absolute atomic E-state index is 12.8. The second-order valence-electron chi connectivity index (χ2n) is 5.15. The summed E-state index contributed by atoms with van der Waals surface area (Å²) in [6.45, 7) is 0.549. The molecule has 3 nitrogen and oxygen atoms in total. The summed E-state index contributed by atoms with van der Waals surface area (Å²) in [5, 5.41) is 9.13. The van der Waals surface area contributed by atoms with Gasteiger partial charge in [0, 0.05) is 13.6 Å². The quantitative estimate of drug-likeness (QED) is 0.835. The normalized spacial score (nSPS) is 16.3. The fourth-order valence-electron chi connectivity index (χ4n) is 2.32. The summed E-state index contributed by atoms with van der Waals surface area (Å²) in [5.41, 5.74) is 0.207. The summed E-state index contributed by atoms with van der Waals surface area (Å²) in [4.78, 5) is 13.8. The standard InChI is InChI=1S/C15H17FN2O/c1-18(14(19)15(11-17)8-2-9-15)10-7-12-3-5-13(16)6-4-12/h3-6H,2,7-10H2,1H3. The van der Waals surface area contributed by atoms with E-state index in [9.17, 15) is 9.18 Å². The Morgan fingerprint density at radius 3 is 2.53 bits per heavy atom. The number of hydrogen-bond donors (Lipinski definition) is 0. The minimum atomic E-state index is -0.780. The second-order valence-corrected chi connectivity index (χ2v) is 5.15. The highest BCUT2D eigenvalue weighted by Crippen LogP contribution is 2.41. The molecule has 1 fully saturated rings. The molecule has 1 aromatic carbocycles. The van der Waals surface area contributed by atoms with Crippen LogP contribution in [0.2, 0.25) is 0 Å². The Morgan fingerprint density at radius 2 is 2.05 bits per heavy atom. The van der Waals surface area contributed by atoms with Crippen LogP contribution in [0.15, 0.2) is 24.3 Å². The van der Waals surface area contributed by atoms with E-state index in [1.165, 1.54) is 12.1 Å². The number of amides is 1. The first-order valence-corrected chi connectivity index (χ1v) is 6.49. The molecule has 0 aromatic heterocycles. The van der Waals surface area contributed by atoms with Gasteiger partial charge in [0.05, 0.1) is 6.07 Å². The molecule has 0 aliphatic heterocycles. The zero-order chi connectivity index (χ0) is 13.9. The van der Waals surface area contributed by atoms with Crippen LogP contribution in [0.4, 0.5) is 4.39 Å². The lowest BCUT2D eigenvalue weighted by Crippen LogP contribution is -2.46. The largest absolute Gasteiger partial charge is 0.344 e. The molecule has 100 valence electrons. The van der Waals surface area contributed by atoms with Crippen LogP contribution in [-0.4, -0.2) is 24.4 Å². The minimum absolute atomic E-state index is 0.0802. The molecule has 0 heterocycles. The van der Waals surface area contributed by atoms with Gasteiger partial charge in [-0.15, -0.1) is 0 Å². The molecule has 1 aromatic rings. The van der Waals surface area contributed by atoms with Gasteiger partial charge in [-0.05, 0) is 43.4 Å². The average Bonchev–Trinajstić information content (AvgIpc) is 2.37. The number of carbonyl (C=O) groups is 1. The number of hydrogen-bond acceptors (Lipinski definition) is 2. The highest BCUT2D eigenvalue weighted by Gasteiger charge is 2.45. The molecule has 0 spiro atoms. The lowest BCUT2D eigenvalue weighted by atomic mass is 9.69. The Labute approximate surface area is 112 Å². The smallest absolute Gasteiger partial charge is 0.242 e. The second kappa shape index (κ2) is 5.40. The van der Waals surface area contributed by atoms with Gasteiger partial charge < -0.3 is 4.90 Å². The van der Waals surface area contributed by atoms with E-state index in [0.717, 1.165) is 12.0 Å². The van der Waals surface area contributed by atoms with Gasteiger partial charge in [0.15, 0.2) is 0 Å². The number of likely N-dealkylation sites (N-methyl/N-ethyl adjacent to an activating group) is 1. The topological polar surface area (TPSA) is 44.1 Å². The monoisotopic (exact) mass is 260 g/mol. The van der Waals surface area contributed by atoms with E-state index in [1.54, 1.807) is 24.1 Å². The molecule has 1 aliphatic rings. The third-order valence-corrected chi connectivity index (χ3v) is 3.83. The lowest BCUT2D eigenvalue weighted by Gasteiger charge is -2.36. The molecule has 0 unspecified atom stereocenters. The van der Waals surface area contributed by atoms with Crippen LogP contribution >= 0.6 is 0 Å². The molecule has 4 heteroatoms. The van der Waals surface area contributed by atoms with Crippen molar-refractivity contribution in [2.24, 2.45) is 5.41 Å². The molecule has 0 N–H and O–H groups in total. The van der Waals surface area contributed by atoms with E-state index in [0.29, 0.717) is 25.8 Å². The van der Waals surface area contributed by atoms with Crippen molar-refractivity contribution in [1.29, 1.82) is 5.26 Å². The van der Waals surface area contributed by atoms with E-state index < -0.39 is 5.41 Å². The molecule has 0 saturated heterocycles. The Hall–Kier alpha value is -1.89.